The summed E-state index contributed by atoms with van der Waals surface area (Å²) in [4.78, 5) is 0. The highest BCUT2D eigenvalue weighted by molar-refractivity contribution is 5.73. The van der Waals surface area contributed by atoms with Crippen molar-refractivity contribution in [2.75, 3.05) is 35.5 Å². The number of hydrogen-bond donors (Lipinski definition) is 0. The van der Waals surface area contributed by atoms with Crippen molar-refractivity contribution >= 4 is 0 Å². The Hall–Kier alpha value is -2.56. The molecule has 0 fully saturated rings. The summed E-state index contributed by atoms with van der Waals surface area (Å²) in [6.45, 7) is 0. The van der Waals surface area contributed by atoms with Crippen LogP contribution in [0.2, 0.25) is 0 Å². The molecule has 0 spiro atoms. The summed E-state index contributed by atoms with van der Waals surface area (Å²) in [5, 5.41) is 0. The average molecular weight is 303 g/mol. The van der Waals surface area contributed by atoms with Gasteiger partial charge in [-0.2, -0.15) is 0 Å². The summed E-state index contributed by atoms with van der Waals surface area (Å²) in [6, 6.07) is 10.5. The summed E-state index contributed by atoms with van der Waals surface area (Å²) in [5.74, 6) is 2.90. The highest BCUT2D eigenvalue weighted by Crippen LogP contribution is 2.42. The van der Waals surface area contributed by atoms with Crippen LogP contribution in [0.15, 0.2) is 24.3 Å². The molecule has 0 saturated heterocycles. The second kappa shape index (κ2) is 6.93. The minimum atomic E-state index is 0.551. The van der Waals surface area contributed by atoms with E-state index in [-0.39, 0.29) is 0 Å². The third-order valence-corrected chi connectivity index (χ3v) is 3.26. The molecule has 0 heterocycles. The summed E-state index contributed by atoms with van der Waals surface area (Å²) >= 11 is 0. The summed E-state index contributed by atoms with van der Waals surface area (Å²) < 4.78 is 26.6. The molecule has 0 saturated carbocycles. The van der Waals surface area contributed by atoms with Gasteiger partial charge in [-0.3, -0.25) is 0 Å². The number of hydrogen-bond acceptors (Lipinski definition) is 5. The van der Waals surface area contributed by atoms with E-state index >= 15 is 0 Å². The van der Waals surface area contributed by atoms with E-state index in [0.29, 0.717) is 28.7 Å². The number of rotatable bonds is 6. The Morgan fingerprint density at radius 2 is 1.05 bits per heavy atom. The Balaban J connectivity index is 2.61. The zero-order valence-corrected chi connectivity index (χ0v) is 13.4. The van der Waals surface area contributed by atoms with E-state index in [1.54, 1.807) is 35.5 Å². The second-order valence-electron chi connectivity index (χ2n) is 4.42. The van der Waals surface area contributed by atoms with Crippen LogP contribution < -0.4 is 23.7 Å². The average Bonchev–Trinajstić information content (AvgIpc) is 2.59. The van der Waals surface area contributed by atoms with Crippen LogP contribution in [0.25, 0.3) is 11.1 Å². The Labute approximate surface area is 130 Å². The zero-order valence-electron chi connectivity index (χ0n) is 13.4. The maximum Gasteiger partial charge on any atom is 0.203 e. The van der Waals surface area contributed by atoms with E-state index < -0.39 is 0 Å². The predicted molar refractivity (Wildman–Crippen MR) is 83.5 cm³/mol. The van der Waals surface area contributed by atoms with Crippen molar-refractivity contribution < 1.29 is 23.7 Å². The fourth-order valence-electron chi connectivity index (χ4n) is 2.15. The first-order valence-electron chi connectivity index (χ1n) is 6.62. The third kappa shape index (κ3) is 3.03. The van der Waals surface area contributed by atoms with Gasteiger partial charge in [-0.25, -0.2) is 0 Å². The highest BCUT2D eigenvalue weighted by atomic mass is 16.5. The van der Waals surface area contributed by atoms with E-state index in [9.17, 15) is 0 Å². The molecule has 0 amide bonds. The Bertz CT molecular complexity index is 604. The molecular formula is C17H19O5. The van der Waals surface area contributed by atoms with Crippen LogP contribution in [0.3, 0.4) is 0 Å². The van der Waals surface area contributed by atoms with E-state index in [2.05, 4.69) is 6.07 Å². The van der Waals surface area contributed by atoms with Crippen LogP contribution in [-0.4, -0.2) is 35.5 Å². The fraction of sp³-hybridized carbons (Fsp3) is 0.294. The molecule has 22 heavy (non-hydrogen) atoms. The van der Waals surface area contributed by atoms with Crippen molar-refractivity contribution in [1.29, 1.82) is 0 Å². The number of methoxy groups -OCH3 is 5. The van der Waals surface area contributed by atoms with Crippen molar-refractivity contribution in [3.05, 3.63) is 30.3 Å². The molecule has 0 aliphatic heterocycles. The maximum absolute atomic E-state index is 5.38. The topological polar surface area (TPSA) is 46.2 Å². The third-order valence-electron chi connectivity index (χ3n) is 3.26. The molecule has 2 aromatic carbocycles. The molecule has 0 bridgehead atoms. The van der Waals surface area contributed by atoms with E-state index in [4.69, 9.17) is 23.7 Å². The number of benzene rings is 2. The van der Waals surface area contributed by atoms with Crippen LogP contribution >= 0.6 is 0 Å². The predicted octanol–water partition coefficient (Wildman–Crippen LogP) is 3.20. The standard InChI is InChI=1S/C17H19O5/c1-18-13-6-11(7-14(10-13)19-2)12-8-15(20-3)17(22-5)16(9-12)21-4/h6-9H,1-5H3. The smallest absolute Gasteiger partial charge is 0.203 e. The Morgan fingerprint density at radius 3 is 1.41 bits per heavy atom. The van der Waals surface area contributed by atoms with Gasteiger partial charge in [0.2, 0.25) is 5.75 Å². The van der Waals surface area contributed by atoms with Gasteiger partial charge in [0.1, 0.15) is 11.5 Å². The molecule has 1 radical (unpaired) electrons. The lowest BCUT2D eigenvalue weighted by Gasteiger charge is -2.15. The van der Waals surface area contributed by atoms with Crippen molar-refractivity contribution in [2.45, 2.75) is 0 Å². The molecule has 0 N–H and O–H groups in total. The molecule has 5 nitrogen and oxygen atoms in total. The molecule has 0 aromatic heterocycles. The lowest BCUT2D eigenvalue weighted by molar-refractivity contribution is 0.324. The first kappa shape index (κ1) is 15.8. The van der Waals surface area contributed by atoms with Crippen molar-refractivity contribution in [3.63, 3.8) is 0 Å². The number of ether oxygens (including phenoxy) is 5. The SMILES string of the molecule is COc1[c]c(OC)cc(-c2cc(OC)c(OC)c(OC)c2)c1. The summed E-state index contributed by atoms with van der Waals surface area (Å²) in [7, 11) is 7.92. The quantitative estimate of drug-likeness (QED) is 0.820. The van der Waals surface area contributed by atoms with Gasteiger partial charge in [-0.1, -0.05) is 0 Å². The molecule has 117 valence electrons. The van der Waals surface area contributed by atoms with Gasteiger partial charge in [-0.05, 0) is 35.4 Å². The minimum absolute atomic E-state index is 0.551. The minimum Gasteiger partial charge on any atom is -0.496 e. The molecule has 5 heteroatoms. The van der Waals surface area contributed by atoms with Crippen molar-refractivity contribution in [2.24, 2.45) is 0 Å². The van der Waals surface area contributed by atoms with Crippen LogP contribution in [0, 0.1) is 6.07 Å². The molecule has 0 aliphatic carbocycles. The van der Waals surface area contributed by atoms with Crippen LogP contribution in [0.1, 0.15) is 0 Å². The molecular weight excluding hydrogens is 284 g/mol. The summed E-state index contributed by atoms with van der Waals surface area (Å²) in [5.41, 5.74) is 1.78. The lowest BCUT2D eigenvalue weighted by atomic mass is 10.0. The molecule has 2 rings (SSSR count). The van der Waals surface area contributed by atoms with Crippen molar-refractivity contribution in [3.8, 4) is 39.9 Å². The van der Waals surface area contributed by atoms with Gasteiger partial charge in [-0.15, -0.1) is 0 Å². The van der Waals surface area contributed by atoms with Gasteiger partial charge < -0.3 is 23.7 Å². The Morgan fingerprint density at radius 1 is 0.591 bits per heavy atom. The molecule has 0 unspecified atom stereocenters. The van der Waals surface area contributed by atoms with Gasteiger partial charge in [0.05, 0.1) is 41.6 Å². The van der Waals surface area contributed by atoms with Crippen LogP contribution in [0.5, 0.6) is 28.7 Å². The molecule has 2 aromatic rings. The molecule has 0 aliphatic rings. The highest BCUT2D eigenvalue weighted by Gasteiger charge is 2.15. The lowest BCUT2D eigenvalue weighted by Crippen LogP contribution is -1.96. The first-order valence-corrected chi connectivity index (χ1v) is 6.62. The van der Waals surface area contributed by atoms with Crippen LogP contribution in [-0.2, 0) is 0 Å². The van der Waals surface area contributed by atoms with Gasteiger partial charge >= 0.3 is 0 Å². The first-order chi connectivity index (χ1) is 10.7. The monoisotopic (exact) mass is 303 g/mol. The summed E-state index contributed by atoms with van der Waals surface area (Å²) in [6.07, 6.45) is 0. The van der Waals surface area contributed by atoms with Gasteiger partial charge in [0, 0.05) is 0 Å². The van der Waals surface area contributed by atoms with E-state index in [1.165, 1.54) is 0 Å². The van der Waals surface area contributed by atoms with Crippen LogP contribution in [0.4, 0.5) is 0 Å². The maximum atomic E-state index is 5.38. The molecule has 0 atom stereocenters. The normalized spacial score (nSPS) is 10.0. The second-order valence-corrected chi connectivity index (χ2v) is 4.42. The fourth-order valence-corrected chi connectivity index (χ4v) is 2.15. The van der Waals surface area contributed by atoms with Gasteiger partial charge in [0.25, 0.3) is 0 Å². The van der Waals surface area contributed by atoms with Crippen molar-refractivity contribution in [1.82, 2.24) is 0 Å². The Kier molecular flexibility index (Phi) is 4.99. The van der Waals surface area contributed by atoms with Gasteiger partial charge in [0.15, 0.2) is 11.5 Å². The van der Waals surface area contributed by atoms with E-state index in [1.807, 2.05) is 24.3 Å². The largest absolute Gasteiger partial charge is 0.496 e. The zero-order chi connectivity index (χ0) is 16.1. The van der Waals surface area contributed by atoms with E-state index in [0.717, 1.165) is 11.1 Å².